The van der Waals surface area contributed by atoms with Crippen molar-refractivity contribution in [3.63, 3.8) is 0 Å². The van der Waals surface area contributed by atoms with E-state index >= 15 is 0 Å². The van der Waals surface area contributed by atoms with E-state index in [-0.39, 0.29) is 5.69 Å². The Morgan fingerprint density at radius 2 is 0.692 bits per heavy atom. The number of halogens is 3. The zero-order chi connectivity index (χ0) is 54.5. The summed E-state index contributed by atoms with van der Waals surface area (Å²) in [5, 5.41) is 15.0. The first-order chi connectivity index (χ1) is 37.4. The van der Waals surface area contributed by atoms with Crippen molar-refractivity contribution in [1.29, 1.82) is 5.26 Å². The van der Waals surface area contributed by atoms with Gasteiger partial charge in [-0.3, -0.25) is 0 Å². The molecule has 0 radical (unpaired) electrons. The SMILES string of the molecule is [C-]#[N+]c1cc(C(F)(F)F)ccc1-c1c(-n2c3ccc(-c4cc(C)cc(C)c4)cc3c3cc(-c4cc(C)cc(C)c4)ccc32)cc(C#N)cc1-n1c2ccc(-c3cc(C)cc(C)c3)cc2c2cc(-c3cc(C)cc(C)c3)ccc21. The van der Waals surface area contributed by atoms with Gasteiger partial charge in [0.25, 0.3) is 0 Å². The number of rotatable bonds is 7. The molecule has 12 rings (SSSR count). The number of nitrogens with zero attached hydrogens (tertiary/aromatic N) is 4. The fourth-order valence-electron chi connectivity index (χ4n) is 12.2. The standard InChI is InChI=1S/C71H53F3N4/c1-40-20-41(2)25-53(24-40)49-10-16-64-59(34-49)60-35-50(54-26-42(3)21-43(4)27-54)11-17-65(60)77(64)68-32-48(39-75)33-69(70(68)58-15-14-57(71(72,73)74)38-63(58)76-9)78-66-18-12-51(55-28-44(5)22-45(6)29-55)36-61(66)62-37-52(13-19-67(62)78)56-30-46(7)23-47(8)31-56/h10-38H,1-8H3. The van der Waals surface area contributed by atoms with Gasteiger partial charge in [0, 0.05) is 32.7 Å². The molecule has 0 aliphatic heterocycles. The molecule has 0 fully saturated rings. The first-order valence-electron chi connectivity index (χ1n) is 26.1. The molecule has 0 aliphatic carbocycles. The van der Waals surface area contributed by atoms with Gasteiger partial charge in [-0.25, -0.2) is 4.85 Å². The number of aromatic nitrogens is 2. The van der Waals surface area contributed by atoms with Gasteiger partial charge in [-0.05, 0) is 172 Å². The van der Waals surface area contributed by atoms with Crippen LogP contribution in [0.4, 0.5) is 18.9 Å². The predicted octanol–water partition coefficient (Wildman–Crippen LogP) is 20.1. The van der Waals surface area contributed by atoms with Gasteiger partial charge in [-0.2, -0.15) is 18.4 Å². The van der Waals surface area contributed by atoms with Gasteiger partial charge >= 0.3 is 6.18 Å². The highest BCUT2D eigenvalue weighted by Crippen LogP contribution is 2.48. The van der Waals surface area contributed by atoms with Crippen molar-refractivity contribution in [3.05, 3.63) is 243 Å². The summed E-state index contributed by atoms with van der Waals surface area (Å²) in [5.74, 6) is 0. The maximum Gasteiger partial charge on any atom is 0.415 e. The van der Waals surface area contributed by atoms with E-state index in [0.717, 1.165) is 145 Å². The summed E-state index contributed by atoms with van der Waals surface area (Å²) in [6.45, 7) is 25.4. The molecule has 2 aromatic heterocycles. The number of nitriles is 1. The minimum atomic E-state index is -4.70. The Morgan fingerprint density at radius 1 is 0.385 bits per heavy atom. The number of fused-ring (bicyclic) bond motifs is 6. The fraction of sp³-hybridized carbons (Fsp3) is 0.127. The van der Waals surface area contributed by atoms with Crippen LogP contribution in [0.15, 0.2) is 176 Å². The van der Waals surface area contributed by atoms with Crippen LogP contribution in [0.2, 0.25) is 0 Å². The molecule has 0 spiro atoms. The average molecular weight is 1020 g/mol. The van der Waals surface area contributed by atoms with Gasteiger partial charge in [0.15, 0.2) is 5.69 Å². The number of hydrogen-bond donors (Lipinski definition) is 0. The number of aryl methyl sites for hydroxylation is 8. The minimum Gasteiger partial charge on any atom is -0.309 e. The highest BCUT2D eigenvalue weighted by Gasteiger charge is 2.32. The monoisotopic (exact) mass is 1020 g/mol. The third kappa shape index (κ3) is 8.68. The predicted molar refractivity (Wildman–Crippen MR) is 316 cm³/mol. The van der Waals surface area contributed by atoms with Crippen LogP contribution in [0.5, 0.6) is 0 Å². The van der Waals surface area contributed by atoms with E-state index in [1.807, 2.05) is 12.1 Å². The van der Waals surface area contributed by atoms with Crippen molar-refractivity contribution >= 4 is 49.3 Å². The molecule has 12 aromatic rings. The average Bonchev–Trinajstić information content (AvgIpc) is 4.14. The van der Waals surface area contributed by atoms with Gasteiger partial charge in [-0.15, -0.1) is 0 Å². The molecule has 0 amide bonds. The first kappa shape index (κ1) is 49.4. The molecule has 0 saturated heterocycles. The first-order valence-corrected chi connectivity index (χ1v) is 26.1. The maximum absolute atomic E-state index is 14.7. The molecular weight excluding hydrogens is 966 g/mol. The van der Waals surface area contributed by atoms with Crippen molar-refractivity contribution in [2.45, 2.75) is 61.6 Å². The van der Waals surface area contributed by atoms with Crippen molar-refractivity contribution in [2.24, 2.45) is 0 Å². The van der Waals surface area contributed by atoms with Crippen LogP contribution in [0.3, 0.4) is 0 Å². The van der Waals surface area contributed by atoms with Crippen LogP contribution >= 0.6 is 0 Å². The Hall–Kier alpha value is -9.43. The molecule has 7 heteroatoms. The zero-order valence-corrected chi connectivity index (χ0v) is 44.7. The molecule has 2 heterocycles. The topological polar surface area (TPSA) is 38.0 Å². The van der Waals surface area contributed by atoms with E-state index in [4.69, 9.17) is 6.57 Å². The van der Waals surface area contributed by atoms with E-state index in [2.05, 4.69) is 221 Å². The lowest BCUT2D eigenvalue weighted by molar-refractivity contribution is -0.137. The van der Waals surface area contributed by atoms with Gasteiger partial charge in [-0.1, -0.05) is 154 Å². The molecule has 4 nitrogen and oxygen atoms in total. The third-order valence-electron chi connectivity index (χ3n) is 15.2. The molecule has 0 aliphatic rings. The number of benzene rings is 10. The molecule has 378 valence electrons. The molecule has 78 heavy (non-hydrogen) atoms. The van der Waals surface area contributed by atoms with E-state index in [1.165, 1.54) is 6.07 Å². The summed E-state index contributed by atoms with van der Waals surface area (Å²) in [4.78, 5) is 3.86. The van der Waals surface area contributed by atoms with Crippen LogP contribution in [0, 0.1) is 73.3 Å². The summed E-state index contributed by atoms with van der Waals surface area (Å²) in [6, 6.07) is 61.5. The third-order valence-corrected chi connectivity index (χ3v) is 15.2. The van der Waals surface area contributed by atoms with Crippen LogP contribution < -0.4 is 0 Å². The summed E-state index contributed by atoms with van der Waals surface area (Å²) in [6.07, 6.45) is -4.70. The minimum absolute atomic E-state index is 0.165. The summed E-state index contributed by atoms with van der Waals surface area (Å²) in [5.41, 5.74) is 22.1. The smallest absolute Gasteiger partial charge is 0.309 e. The second-order valence-electron chi connectivity index (χ2n) is 21.4. The lowest BCUT2D eigenvalue weighted by Crippen LogP contribution is -2.07. The molecule has 10 aromatic carbocycles. The van der Waals surface area contributed by atoms with Crippen LogP contribution in [0.25, 0.3) is 115 Å². The Kier molecular flexibility index (Phi) is 11.8. The van der Waals surface area contributed by atoms with Crippen molar-refractivity contribution in [1.82, 2.24) is 9.13 Å². The molecular formula is C71H53F3N4. The number of alkyl halides is 3. The lowest BCUT2D eigenvalue weighted by Gasteiger charge is -2.22. The maximum atomic E-state index is 14.7. The van der Waals surface area contributed by atoms with E-state index < -0.39 is 11.7 Å². The highest BCUT2D eigenvalue weighted by molar-refractivity contribution is 6.15. The summed E-state index contributed by atoms with van der Waals surface area (Å²) in [7, 11) is 0. The molecule has 0 N–H and O–H groups in total. The van der Waals surface area contributed by atoms with E-state index in [1.54, 1.807) is 0 Å². The van der Waals surface area contributed by atoms with Gasteiger partial charge in [0.1, 0.15) is 0 Å². The summed E-state index contributed by atoms with van der Waals surface area (Å²) >= 11 is 0. The fourth-order valence-corrected chi connectivity index (χ4v) is 12.2. The molecule has 0 bridgehead atoms. The Bertz CT molecular complexity index is 4060. The summed E-state index contributed by atoms with van der Waals surface area (Å²) < 4.78 is 48.3. The van der Waals surface area contributed by atoms with Crippen LogP contribution in [-0.4, -0.2) is 9.13 Å². The second-order valence-corrected chi connectivity index (χ2v) is 21.4. The highest BCUT2D eigenvalue weighted by atomic mass is 19.4. The largest absolute Gasteiger partial charge is 0.415 e. The second kappa shape index (κ2) is 18.7. The van der Waals surface area contributed by atoms with Crippen molar-refractivity contribution < 1.29 is 13.2 Å². The van der Waals surface area contributed by atoms with Crippen LogP contribution in [-0.2, 0) is 6.18 Å². The Labute approximate surface area is 452 Å². The number of hydrogen-bond acceptors (Lipinski definition) is 1. The Morgan fingerprint density at radius 3 is 0.962 bits per heavy atom. The van der Waals surface area contributed by atoms with Gasteiger partial charge in [0.2, 0.25) is 0 Å². The quantitative estimate of drug-likeness (QED) is 0.147. The zero-order valence-electron chi connectivity index (χ0n) is 44.7. The van der Waals surface area contributed by atoms with Gasteiger partial charge < -0.3 is 9.13 Å². The van der Waals surface area contributed by atoms with Crippen molar-refractivity contribution in [2.75, 3.05) is 0 Å². The van der Waals surface area contributed by atoms with Crippen LogP contribution in [0.1, 0.15) is 55.6 Å². The van der Waals surface area contributed by atoms with E-state index in [9.17, 15) is 18.4 Å². The normalized spacial score (nSPS) is 11.8. The van der Waals surface area contributed by atoms with E-state index in [0.29, 0.717) is 28.1 Å². The molecule has 0 atom stereocenters. The van der Waals surface area contributed by atoms with Crippen molar-refractivity contribution in [3.8, 4) is 73.1 Å². The van der Waals surface area contributed by atoms with Gasteiger partial charge in [0.05, 0.1) is 51.6 Å². The molecule has 0 saturated carbocycles. The lowest BCUT2D eigenvalue weighted by atomic mass is 9.95. The molecule has 0 unspecified atom stereocenters. The Balaban J connectivity index is 1.23.